The first-order valence-corrected chi connectivity index (χ1v) is 5.53. The zero-order valence-electron chi connectivity index (χ0n) is 9.62. The van der Waals surface area contributed by atoms with Crippen molar-refractivity contribution in [1.82, 2.24) is 5.32 Å². The van der Waals surface area contributed by atoms with Crippen LogP contribution < -0.4 is 16.4 Å². The second kappa shape index (κ2) is 4.45. The number of imide groups is 1. The van der Waals surface area contributed by atoms with Crippen molar-refractivity contribution in [2.24, 2.45) is 0 Å². The van der Waals surface area contributed by atoms with Crippen molar-refractivity contribution in [2.75, 3.05) is 11.1 Å². The van der Waals surface area contributed by atoms with Gasteiger partial charge >= 0.3 is 0 Å². The summed E-state index contributed by atoms with van der Waals surface area (Å²) in [7, 11) is 0. The number of amides is 2. The second-order valence-corrected chi connectivity index (χ2v) is 4.17. The lowest BCUT2D eigenvalue weighted by molar-refractivity contribution is -0.133. The highest BCUT2D eigenvalue weighted by molar-refractivity contribution is 6.01. The Morgan fingerprint density at radius 2 is 2.18 bits per heavy atom. The number of nitrogens with two attached hydrogens (primary N) is 1. The lowest BCUT2D eigenvalue weighted by atomic mass is 10.0. The molecule has 0 bridgehead atoms. The molecule has 4 N–H and O–H groups in total. The van der Waals surface area contributed by atoms with Crippen molar-refractivity contribution in [2.45, 2.75) is 25.8 Å². The predicted molar refractivity (Wildman–Crippen MR) is 65.4 cm³/mol. The number of nitrogen functional groups attached to an aromatic ring is 1. The molecule has 17 heavy (non-hydrogen) atoms. The fourth-order valence-electron chi connectivity index (χ4n) is 1.83. The Morgan fingerprint density at radius 1 is 1.41 bits per heavy atom. The molecule has 5 nitrogen and oxygen atoms in total. The number of benzene rings is 1. The fourth-order valence-corrected chi connectivity index (χ4v) is 1.83. The van der Waals surface area contributed by atoms with Crippen LogP contribution in [0.1, 0.15) is 18.4 Å². The van der Waals surface area contributed by atoms with Crippen molar-refractivity contribution in [3.63, 3.8) is 0 Å². The lowest BCUT2D eigenvalue weighted by Gasteiger charge is -2.23. The van der Waals surface area contributed by atoms with E-state index in [0.29, 0.717) is 18.5 Å². The standard InChI is InChI=1S/C12H15N3O2/c1-7-8(13)3-2-4-9(7)14-10-5-6-11(16)15-12(10)17/h2-4,10,14H,5-6,13H2,1H3,(H,15,16,17). The molecule has 1 aliphatic rings. The van der Waals surface area contributed by atoms with Gasteiger partial charge in [-0.15, -0.1) is 0 Å². The lowest BCUT2D eigenvalue weighted by Crippen LogP contribution is -2.47. The largest absolute Gasteiger partial charge is 0.398 e. The Kier molecular flexibility index (Phi) is 2.99. The molecular formula is C12H15N3O2. The van der Waals surface area contributed by atoms with E-state index in [-0.39, 0.29) is 17.9 Å². The zero-order valence-corrected chi connectivity index (χ0v) is 9.62. The topological polar surface area (TPSA) is 84.2 Å². The normalized spacial score (nSPS) is 19.9. The minimum atomic E-state index is -0.367. The van der Waals surface area contributed by atoms with Crippen LogP contribution in [0.2, 0.25) is 0 Å². The maximum absolute atomic E-state index is 11.6. The second-order valence-electron chi connectivity index (χ2n) is 4.17. The Labute approximate surface area is 99.4 Å². The van der Waals surface area contributed by atoms with Gasteiger partial charge in [-0.3, -0.25) is 14.9 Å². The van der Waals surface area contributed by atoms with Crippen LogP contribution in [0.15, 0.2) is 18.2 Å². The highest BCUT2D eigenvalue weighted by atomic mass is 16.2. The molecule has 0 saturated carbocycles. The van der Waals surface area contributed by atoms with Gasteiger partial charge in [0.1, 0.15) is 6.04 Å². The molecule has 1 aromatic carbocycles. The molecule has 0 radical (unpaired) electrons. The summed E-state index contributed by atoms with van der Waals surface area (Å²) in [5.41, 5.74) is 8.22. The number of hydrogen-bond donors (Lipinski definition) is 3. The van der Waals surface area contributed by atoms with E-state index >= 15 is 0 Å². The Balaban J connectivity index is 2.13. The SMILES string of the molecule is Cc1c(N)cccc1NC1CCC(=O)NC1=O. The third-order valence-corrected chi connectivity index (χ3v) is 2.94. The quantitative estimate of drug-likeness (QED) is 0.521. The first kappa shape index (κ1) is 11.4. The molecule has 2 rings (SSSR count). The summed E-state index contributed by atoms with van der Waals surface area (Å²) >= 11 is 0. The average Bonchev–Trinajstić information content (AvgIpc) is 2.28. The van der Waals surface area contributed by atoms with Gasteiger partial charge in [0, 0.05) is 17.8 Å². The van der Waals surface area contributed by atoms with E-state index < -0.39 is 0 Å². The minimum Gasteiger partial charge on any atom is -0.398 e. The molecule has 1 saturated heterocycles. The number of nitrogens with one attached hydrogen (secondary N) is 2. The molecule has 1 aromatic rings. The van der Waals surface area contributed by atoms with Crippen molar-refractivity contribution < 1.29 is 9.59 Å². The maximum atomic E-state index is 11.6. The summed E-state index contributed by atoms with van der Waals surface area (Å²) < 4.78 is 0. The van der Waals surface area contributed by atoms with E-state index in [1.807, 2.05) is 25.1 Å². The molecule has 1 aliphatic heterocycles. The van der Waals surface area contributed by atoms with Gasteiger partial charge in [-0.1, -0.05) is 6.07 Å². The van der Waals surface area contributed by atoms with Gasteiger partial charge in [0.05, 0.1) is 0 Å². The van der Waals surface area contributed by atoms with Gasteiger partial charge in [0.2, 0.25) is 11.8 Å². The summed E-state index contributed by atoms with van der Waals surface area (Å²) in [6.07, 6.45) is 0.879. The molecule has 0 aliphatic carbocycles. The molecule has 5 heteroatoms. The van der Waals surface area contributed by atoms with E-state index in [1.165, 1.54) is 0 Å². The van der Waals surface area contributed by atoms with Crippen LogP contribution in [0.3, 0.4) is 0 Å². The first-order valence-electron chi connectivity index (χ1n) is 5.53. The highest BCUT2D eigenvalue weighted by Gasteiger charge is 2.26. The monoisotopic (exact) mass is 233 g/mol. The number of carbonyl (C=O) groups is 2. The maximum Gasteiger partial charge on any atom is 0.249 e. The van der Waals surface area contributed by atoms with E-state index in [2.05, 4.69) is 10.6 Å². The van der Waals surface area contributed by atoms with Gasteiger partial charge < -0.3 is 11.1 Å². The molecule has 2 amide bonds. The van der Waals surface area contributed by atoms with E-state index in [9.17, 15) is 9.59 Å². The molecular weight excluding hydrogens is 218 g/mol. The third kappa shape index (κ3) is 2.38. The van der Waals surface area contributed by atoms with Crippen LogP contribution in [-0.2, 0) is 9.59 Å². The summed E-state index contributed by atoms with van der Waals surface area (Å²) in [5, 5.41) is 5.43. The molecule has 0 spiro atoms. The number of carbonyl (C=O) groups excluding carboxylic acids is 2. The van der Waals surface area contributed by atoms with E-state index in [0.717, 1.165) is 11.3 Å². The average molecular weight is 233 g/mol. The van der Waals surface area contributed by atoms with Crippen LogP contribution in [0, 0.1) is 6.92 Å². The first-order chi connectivity index (χ1) is 8.08. The molecule has 1 fully saturated rings. The summed E-state index contributed by atoms with van der Waals surface area (Å²) in [5.74, 6) is -0.486. The smallest absolute Gasteiger partial charge is 0.249 e. The molecule has 1 heterocycles. The molecule has 1 unspecified atom stereocenters. The van der Waals surface area contributed by atoms with Crippen LogP contribution in [-0.4, -0.2) is 17.9 Å². The molecule has 90 valence electrons. The minimum absolute atomic E-state index is 0.211. The van der Waals surface area contributed by atoms with Gasteiger partial charge in [0.15, 0.2) is 0 Å². The Bertz CT molecular complexity index is 471. The number of hydrogen-bond acceptors (Lipinski definition) is 4. The zero-order chi connectivity index (χ0) is 12.4. The van der Waals surface area contributed by atoms with Crippen molar-refractivity contribution >= 4 is 23.2 Å². The van der Waals surface area contributed by atoms with Crippen LogP contribution in [0.25, 0.3) is 0 Å². The summed E-state index contributed by atoms with van der Waals surface area (Å²) in [4.78, 5) is 22.6. The van der Waals surface area contributed by atoms with E-state index in [4.69, 9.17) is 5.73 Å². The van der Waals surface area contributed by atoms with Gasteiger partial charge in [-0.05, 0) is 31.0 Å². The van der Waals surface area contributed by atoms with Crippen molar-refractivity contribution in [1.29, 1.82) is 0 Å². The number of piperidine rings is 1. The fraction of sp³-hybridized carbons (Fsp3) is 0.333. The Morgan fingerprint density at radius 3 is 2.88 bits per heavy atom. The van der Waals surface area contributed by atoms with Gasteiger partial charge in [-0.25, -0.2) is 0 Å². The third-order valence-electron chi connectivity index (χ3n) is 2.94. The van der Waals surface area contributed by atoms with Crippen molar-refractivity contribution in [3.05, 3.63) is 23.8 Å². The number of rotatable bonds is 2. The van der Waals surface area contributed by atoms with Crippen LogP contribution in [0.5, 0.6) is 0 Å². The van der Waals surface area contributed by atoms with Gasteiger partial charge in [0.25, 0.3) is 0 Å². The van der Waals surface area contributed by atoms with Crippen molar-refractivity contribution in [3.8, 4) is 0 Å². The van der Waals surface area contributed by atoms with Crippen LogP contribution >= 0.6 is 0 Å². The highest BCUT2D eigenvalue weighted by Crippen LogP contribution is 2.22. The summed E-state index contributed by atoms with van der Waals surface area (Å²) in [6, 6.07) is 5.14. The predicted octanol–water partition coefficient (Wildman–Crippen LogP) is 0.794. The van der Waals surface area contributed by atoms with Gasteiger partial charge in [-0.2, -0.15) is 0 Å². The van der Waals surface area contributed by atoms with E-state index in [1.54, 1.807) is 0 Å². The Hall–Kier alpha value is -2.04. The molecule has 1 atom stereocenters. The van der Waals surface area contributed by atoms with Crippen LogP contribution in [0.4, 0.5) is 11.4 Å². The molecule has 0 aromatic heterocycles. The number of anilines is 2. The summed E-state index contributed by atoms with van der Waals surface area (Å²) in [6.45, 7) is 1.89.